The van der Waals surface area contributed by atoms with Gasteiger partial charge < -0.3 is 10.4 Å². The quantitative estimate of drug-likeness (QED) is 0.539. The molecule has 1 aliphatic heterocycles. The maximum Gasteiger partial charge on any atom is 0.296 e. The predicted molar refractivity (Wildman–Crippen MR) is 114 cm³/mol. The van der Waals surface area contributed by atoms with E-state index in [0.717, 1.165) is 5.56 Å². The lowest BCUT2D eigenvalue weighted by Crippen LogP contribution is -2.52. The van der Waals surface area contributed by atoms with Crippen LogP contribution in [0.5, 0.6) is 5.75 Å². The lowest BCUT2D eigenvalue weighted by molar-refractivity contribution is -0.120. The van der Waals surface area contributed by atoms with Crippen molar-refractivity contribution in [3.8, 4) is 5.75 Å². The predicted octanol–water partition coefficient (Wildman–Crippen LogP) is 0.221. The molecule has 0 saturated carbocycles. The minimum atomic E-state index is -0.684. The van der Waals surface area contributed by atoms with E-state index >= 15 is 0 Å². The lowest BCUT2D eigenvalue weighted by Gasteiger charge is -2.42. The Labute approximate surface area is 188 Å². The monoisotopic (exact) mass is 456 g/mol. The molecule has 1 amide bonds. The second kappa shape index (κ2) is 8.70. The SMILES string of the molecule is Cn1nnnc1CN1CCn2c(nc(CC(=O)NCc3ccc(F)cc3)c(O)c2=O)C1(C)C. The fraction of sp³-hybridized carbons (Fsp3) is 0.429. The van der Waals surface area contributed by atoms with Gasteiger partial charge in [-0.1, -0.05) is 12.1 Å². The number of tetrazole rings is 1. The van der Waals surface area contributed by atoms with E-state index in [1.165, 1.54) is 16.7 Å². The zero-order valence-corrected chi connectivity index (χ0v) is 18.6. The van der Waals surface area contributed by atoms with Crippen LogP contribution in [-0.2, 0) is 43.4 Å². The summed E-state index contributed by atoms with van der Waals surface area (Å²) in [6.45, 7) is 5.34. The first-order chi connectivity index (χ1) is 15.7. The first-order valence-corrected chi connectivity index (χ1v) is 10.5. The number of nitrogens with one attached hydrogen (secondary N) is 1. The molecule has 0 aliphatic carbocycles. The van der Waals surface area contributed by atoms with Gasteiger partial charge in [0.1, 0.15) is 11.6 Å². The van der Waals surface area contributed by atoms with Crippen LogP contribution in [0.2, 0.25) is 0 Å². The number of carbonyl (C=O) groups excluding carboxylic acids is 1. The van der Waals surface area contributed by atoms with E-state index in [-0.39, 0.29) is 24.5 Å². The summed E-state index contributed by atoms with van der Waals surface area (Å²) in [5, 5.41) is 24.7. The Kier molecular flexibility index (Phi) is 5.93. The third-order valence-corrected chi connectivity index (χ3v) is 5.92. The molecule has 0 saturated heterocycles. The number of aromatic hydroxyl groups is 1. The highest BCUT2D eigenvalue weighted by Gasteiger charge is 2.38. The van der Waals surface area contributed by atoms with Gasteiger partial charge in [0, 0.05) is 26.7 Å². The standard InChI is InChI=1S/C21H25FN8O3/c1-21(2)20-24-15(10-17(31)23-11-13-4-6-14(22)7-5-13)18(32)19(33)30(20)9-8-29(21)12-16-25-26-27-28(16)3/h4-7,32H,8-12H2,1-3H3,(H,23,31). The minimum absolute atomic E-state index is 0.0121. The molecule has 0 bridgehead atoms. The maximum atomic E-state index is 13.0. The molecule has 0 spiro atoms. The van der Waals surface area contributed by atoms with Crippen molar-refractivity contribution in [2.24, 2.45) is 7.05 Å². The Hall–Kier alpha value is -3.67. The molecule has 1 aromatic carbocycles. The highest BCUT2D eigenvalue weighted by atomic mass is 19.1. The molecular weight excluding hydrogens is 431 g/mol. The number of hydrogen-bond acceptors (Lipinski definition) is 8. The van der Waals surface area contributed by atoms with Gasteiger partial charge in [0.25, 0.3) is 5.56 Å². The van der Waals surface area contributed by atoms with Gasteiger partial charge >= 0.3 is 0 Å². The second-order valence-electron chi connectivity index (χ2n) is 8.47. The molecule has 1 aliphatic rings. The zero-order chi connectivity index (χ0) is 23.8. The Bertz CT molecular complexity index is 1240. The van der Waals surface area contributed by atoms with Gasteiger partial charge in [-0.05, 0) is 42.0 Å². The molecule has 0 fully saturated rings. The van der Waals surface area contributed by atoms with E-state index in [2.05, 4.69) is 30.7 Å². The second-order valence-corrected chi connectivity index (χ2v) is 8.47. The van der Waals surface area contributed by atoms with Crippen LogP contribution in [0.1, 0.15) is 36.8 Å². The highest BCUT2D eigenvalue weighted by molar-refractivity contribution is 5.78. The number of aromatic nitrogens is 6. The zero-order valence-electron chi connectivity index (χ0n) is 18.6. The summed E-state index contributed by atoms with van der Waals surface area (Å²) in [7, 11) is 1.75. The summed E-state index contributed by atoms with van der Waals surface area (Å²) in [6.07, 6.45) is -0.264. The van der Waals surface area contributed by atoms with Crippen molar-refractivity contribution >= 4 is 5.91 Å². The van der Waals surface area contributed by atoms with Gasteiger partial charge in [0.2, 0.25) is 11.7 Å². The van der Waals surface area contributed by atoms with Crippen LogP contribution in [0.3, 0.4) is 0 Å². The number of rotatable bonds is 6. The third kappa shape index (κ3) is 4.46. The number of aryl methyl sites for hydroxylation is 1. The summed E-state index contributed by atoms with van der Waals surface area (Å²) < 4.78 is 16.1. The van der Waals surface area contributed by atoms with Gasteiger partial charge in [0.15, 0.2) is 5.82 Å². The van der Waals surface area contributed by atoms with Gasteiger partial charge in [-0.15, -0.1) is 5.10 Å². The van der Waals surface area contributed by atoms with Crippen LogP contribution >= 0.6 is 0 Å². The van der Waals surface area contributed by atoms with E-state index in [0.29, 0.717) is 31.3 Å². The van der Waals surface area contributed by atoms with Crippen molar-refractivity contribution in [2.75, 3.05) is 6.54 Å². The molecule has 2 aromatic heterocycles. The molecular formula is C21H25FN8O3. The fourth-order valence-electron chi connectivity index (χ4n) is 3.87. The molecule has 11 nitrogen and oxygen atoms in total. The minimum Gasteiger partial charge on any atom is -0.502 e. The molecule has 3 aromatic rings. The van der Waals surface area contributed by atoms with Crippen LogP contribution in [0.4, 0.5) is 4.39 Å². The first kappa shape index (κ1) is 22.5. The molecule has 12 heteroatoms. The van der Waals surface area contributed by atoms with E-state index in [1.807, 2.05) is 13.8 Å². The summed E-state index contributed by atoms with van der Waals surface area (Å²) in [5.41, 5.74) is -0.522. The number of nitrogens with zero attached hydrogens (tertiary/aromatic N) is 7. The van der Waals surface area contributed by atoms with Crippen molar-refractivity contribution in [3.05, 3.63) is 63.3 Å². The fourth-order valence-corrected chi connectivity index (χ4v) is 3.87. The van der Waals surface area contributed by atoms with Gasteiger partial charge in [-0.2, -0.15) is 0 Å². The van der Waals surface area contributed by atoms with Crippen LogP contribution in [0.15, 0.2) is 29.1 Å². The molecule has 174 valence electrons. The van der Waals surface area contributed by atoms with Crippen molar-refractivity contribution in [3.63, 3.8) is 0 Å². The van der Waals surface area contributed by atoms with Gasteiger partial charge in [0.05, 0.1) is 24.2 Å². The molecule has 0 radical (unpaired) electrons. The Morgan fingerprint density at radius 3 is 2.64 bits per heavy atom. The van der Waals surface area contributed by atoms with Crippen LogP contribution in [0, 0.1) is 5.82 Å². The maximum absolute atomic E-state index is 13.0. The van der Waals surface area contributed by atoms with Crippen molar-refractivity contribution in [2.45, 2.75) is 45.4 Å². The molecule has 0 unspecified atom stereocenters. The van der Waals surface area contributed by atoms with Crippen molar-refractivity contribution < 1.29 is 14.3 Å². The van der Waals surface area contributed by atoms with Crippen molar-refractivity contribution in [1.29, 1.82) is 0 Å². The Morgan fingerprint density at radius 1 is 1.24 bits per heavy atom. The van der Waals surface area contributed by atoms with Crippen LogP contribution in [0.25, 0.3) is 0 Å². The number of carbonyl (C=O) groups is 1. The number of amides is 1. The number of fused-ring (bicyclic) bond motifs is 1. The van der Waals surface area contributed by atoms with E-state index in [1.54, 1.807) is 23.9 Å². The van der Waals surface area contributed by atoms with Gasteiger partial charge in [-0.25, -0.2) is 14.1 Å². The smallest absolute Gasteiger partial charge is 0.296 e. The largest absolute Gasteiger partial charge is 0.502 e. The topological polar surface area (TPSA) is 131 Å². The number of benzene rings is 1. The summed E-state index contributed by atoms with van der Waals surface area (Å²) >= 11 is 0. The molecule has 33 heavy (non-hydrogen) atoms. The average Bonchev–Trinajstić information content (AvgIpc) is 3.18. The Balaban J connectivity index is 1.55. The average molecular weight is 456 g/mol. The molecule has 3 heterocycles. The third-order valence-electron chi connectivity index (χ3n) is 5.92. The summed E-state index contributed by atoms with van der Waals surface area (Å²) in [4.78, 5) is 32.0. The van der Waals surface area contributed by atoms with E-state index < -0.39 is 22.8 Å². The molecule has 4 rings (SSSR count). The van der Waals surface area contributed by atoms with E-state index in [4.69, 9.17) is 0 Å². The first-order valence-electron chi connectivity index (χ1n) is 10.5. The summed E-state index contributed by atoms with van der Waals surface area (Å²) in [5.74, 6) is -0.188. The normalized spacial score (nSPS) is 15.3. The molecule has 0 atom stereocenters. The van der Waals surface area contributed by atoms with Gasteiger partial charge in [-0.3, -0.25) is 19.1 Å². The molecule has 2 N–H and O–H groups in total. The van der Waals surface area contributed by atoms with Crippen LogP contribution < -0.4 is 10.9 Å². The highest BCUT2D eigenvalue weighted by Crippen LogP contribution is 2.31. The van der Waals surface area contributed by atoms with Crippen LogP contribution in [-0.4, -0.2) is 52.2 Å². The van der Waals surface area contributed by atoms with E-state index in [9.17, 15) is 19.1 Å². The lowest BCUT2D eigenvalue weighted by atomic mass is 9.98. The number of hydrogen-bond donors (Lipinski definition) is 2. The number of halogens is 1. The summed E-state index contributed by atoms with van der Waals surface area (Å²) in [6, 6.07) is 5.76. The van der Waals surface area contributed by atoms with Crippen molar-refractivity contribution in [1.82, 2.24) is 40.0 Å². The Morgan fingerprint density at radius 2 is 1.97 bits per heavy atom.